The molecule has 274 valence electrons. The lowest BCUT2D eigenvalue weighted by Gasteiger charge is -2.35. The van der Waals surface area contributed by atoms with Crippen LogP contribution in [0.1, 0.15) is 22.3 Å². The first-order valence-corrected chi connectivity index (χ1v) is 19.8. The minimum Gasteiger partial charge on any atom is -0.310 e. The molecule has 0 fully saturated rings. The van der Waals surface area contributed by atoms with Crippen LogP contribution in [0.3, 0.4) is 0 Å². The minimum absolute atomic E-state index is 0.250. The van der Waals surface area contributed by atoms with Crippen LogP contribution in [0.5, 0.6) is 0 Å². The molecule has 1 aliphatic rings. The highest BCUT2D eigenvalue weighted by Gasteiger charge is 2.46. The van der Waals surface area contributed by atoms with Gasteiger partial charge in [0.15, 0.2) is 0 Å². The zero-order valence-corrected chi connectivity index (χ0v) is 31.6. The third kappa shape index (κ3) is 5.17. The molecule has 1 aliphatic carbocycles. The summed E-state index contributed by atoms with van der Waals surface area (Å²) < 4.78 is 16.4. The molecule has 0 radical (unpaired) electrons. The Morgan fingerprint density at radius 1 is 0.397 bits per heavy atom. The summed E-state index contributed by atoms with van der Waals surface area (Å²) in [7, 11) is 0. The fraction of sp³-hybridized carbons (Fsp3) is 0.0182. The van der Waals surface area contributed by atoms with Crippen LogP contribution in [0.2, 0.25) is 0 Å². The van der Waals surface area contributed by atoms with Gasteiger partial charge in [0.25, 0.3) is 0 Å². The van der Waals surface area contributed by atoms with Crippen molar-refractivity contribution in [2.45, 2.75) is 5.41 Å². The SMILES string of the molecule is Fc1ccc(-n2c3ccccc3c3cc(N(c4ccc5c(c4)C(c4ccccc4)(c4ccccc4)c4ccccc4-5)c4ccccc4-c4ccccc4)ccc32)cc1. The van der Waals surface area contributed by atoms with Crippen molar-refractivity contribution in [2.24, 2.45) is 0 Å². The molecule has 0 N–H and O–H groups in total. The third-order valence-electron chi connectivity index (χ3n) is 11.9. The van der Waals surface area contributed by atoms with Crippen molar-refractivity contribution >= 4 is 38.9 Å². The highest BCUT2D eigenvalue weighted by molar-refractivity contribution is 6.11. The highest BCUT2D eigenvalue weighted by Crippen LogP contribution is 2.57. The lowest BCUT2D eigenvalue weighted by Crippen LogP contribution is -2.28. The normalized spacial score (nSPS) is 12.7. The van der Waals surface area contributed by atoms with Gasteiger partial charge in [-0.3, -0.25) is 0 Å². The maximum absolute atomic E-state index is 14.2. The van der Waals surface area contributed by atoms with Gasteiger partial charge in [-0.05, 0) is 106 Å². The van der Waals surface area contributed by atoms with E-state index in [9.17, 15) is 4.39 Å². The number of halogens is 1. The van der Waals surface area contributed by atoms with E-state index in [-0.39, 0.29) is 5.82 Å². The molecular weight excluding hydrogens is 708 g/mol. The monoisotopic (exact) mass is 744 g/mol. The first-order chi connectivity index (χ1) is 28.7. The average molecular weight is 745 g/mol. The average Bonchev–Trinajstić information content (AvgIpc) is 3.78. The van der Waals surface area contributed by atoms with E-state index in [0.29, 0.717) is 0 Å². The second-order valence-electron chi connectivity index (χ2n) is 15.0. The Morgan fingerprint density at radius 3 is 1.69 bits per heavy atom. The summed E-state index contributed by atoms with van der Waals surface area (Å²) in [5, 5.41) is 2.26. The van der Waals surface area contributed by atoms with Crippen LogP contribution in [0.25, 0.3) is 49.7 Å². The van der Waals surface area contributed by atoms with Crippen molar-refractivity contribution in [3.05, 3.63) is 253 Å². The Morgan fingerprint density at radius 2 is 0.948 bits per heavy atom. The minimum atomic E-state index is -0.540. The number of nitrogens with zero attached hydrogens (tertiary/aromatic N) is 2. The number of aromatic nitrogens is 1. The van der Waals surface area contributed by atoms with Crippen molar-refractivity contribution in [1.29, 1.82) is 0 Å². The van der Waals surface area contributed by atoms with E-state index in [1.807, 2.05) is 12.1 Å². The molecule has 1 heterocycles. The van der Waals surface area contributed by atoms with Crippen molar-refractivity contribution in [2.75, 3.05) is 4.90 Å². The van der Waals surface area contributed by atoms with Crippen molar-refractivity contribution in [3.8, 4) is 27.9 Å². The van der Waals surface area contributed by atoms with Gasteiger partial charge in [0, 0.05) is 33.4 Å². The molecular formula is C55H37FN2. The van der Waals surface area contributed by atoms with E-state index in [4.69, 9.17) is 0 Å². The predicted octanol–water partition coefficient (Wildman–Crippen LogP) is 14.4. The van der Waals surface area contributed by atoms with E-state index in [2.05, 4.69) is 210 Å². The Balaban J connectivity index is 1.20. The van der Waals surface area contributed by atoms with Crippen molar-refractivity contribution < 1.29 is 4.39 Å². The zero-order valence-electron chi connectivity index (χ0n) is 31.6. The molecule has 11 rings (SSSR count). The second kappa shape index (κ2) is 13.6. The van der Waals surface area contributed by atoms with E-state index in [1.165, 1.54) is 45.5 Å². The number of fused-ring (bicyclic) bond motifs is 6. The number of hydrogen-bond acceptors (Lipinski definition) is 1. The van der Waals surface area contributed by atoms with Gasteiger partial charge in [-0.1, -0.05) is 158 Å². The quantitative estimate of drug-likeness (QED) is 0.158. The van der Waals surface area contributed by atoms with Gasteiger partial charge >= 0.3 is 0 Å². The molecule has 0 amide bonds. The van der Waals surface area contributed by atoms with E-state index in [1.54, 1.807) is 0 Å². The summed E-state index contributed by atoms with van der Waals surface area (Å²) in [5.41, 5.74) is 15.5. The maximum Gasteiger partial charge on any atom is 0.123 e. The van der Waals surface area contributed by atoms with Crippen LogP contribution in [0.4, 0.5) is 21.5 Å². The van der Waals surface area contributed by atoms with E-state index >= 15 is 0 Å². The molecule has 9 aromatic carbocycles. The Labute approximate surface area is 337 Å². The molecule has 0 spiro atoms. The van der Waals surface area contributed by atoms with Gasteiger partial charge in [-0.15, -0.1) is 0 Å². The Hall–Kier alpha value is -7.49. The number of benzene rings is 9. The Kier molecular flexibility index (Phi) is 7.94. The number of rotatable bonds is 7. The number of anilines is 3. The smallest absolute Gasteiger partial charge is 0.123 e. The van der Waals surface area contributed by atoms with Crippen LogP contribution in [0.15, 0.2) is 224 Å². The molecule has 0 bridgehead atoms. The first kappa shape index (κ1) is 33.8. The standard InChI is InChI=1S/C55H37FN2/c56-41-28-30-42(31-29-41)58-53-27-15-12-24-48(53)49-36-43(33-35-54(49)58)57(52-26-14-11-22-45(52)38-16-4-1-5-17-38)44-32-34-47-46-23-10-13-25-50(46)55(51(47)37-44,39-18-6-2-7-19-39)40-20-8-3-9-21-40/h1-37H. The summed E-state index contributed by atoms with van der Waals surface area (Å²) in [5.74, 6) is -0.250. The molecule has 3 heteroatoms. The van der Waals surface area contributed by atoms with E-state index < -0.39 is 5.41 Å². The molecule has 1 aromatic heterocycles. The second-order valence-corrected chi connectivity index (χ2v) is 15.0. The molecule has 0 saturated carbocycles. The van der Waals surface area contributed by atoms with Crippen LogP contribution < -0.4 is 4.90 Å². The van der Waals surface area contributed by atoms with Crippen LogP contribution in [0, 0.1) is 5.82 Å². The fourth-order valence-corrected chi connectivity index (χ4v) is 9.50. The predicted molar refractivity (Wildman–Crippen MR) is 238 cm³/mol. The fourth-order valence-electron chi connectivity index (χ4n) is 9.50. The molecule has 0 saturated heterocycles. The lowest BCUT2D eigenvalue weighted by molar-refractivity contribution is 0.627. The molecule has 2 nitrogen and oxygen atoms in total. The van der Waals surface area contributed by atoms with Crippen LogP contribution in [-0.4, -0.2) is 4.57 Å². The summed E-state index contributed by atoms with van der Waals surface area (Å²) in [4.78, 5) is 2.43. The topological polar surface area (TPSA) is 8.17 Å². The van der Waals surface area contributed by atoms with Crippen LogP contribution >= 0.6 is 0 Å². The zero-order chi connectivity index (χ0) is 38.6. The number of hydrogen-bond donors (Lipinski definition) is 0. The first-order valence-electron chi connectivity index (χ1n) is 19.8. The summed E-state index contributed by atoms with van der Waals surface area (Å²) in [6, 6.07) is 79.3. The molecule has 58 heavy (non-hydrogen) atoms. The van der Waals surface area contributed by atoms with Crippen molar-refractivity contribution in [3.63, 3.8) is 0 Å². The van der Waals surface area contributed by atoms with Gasteiger partial charge in [-0.25, -0.2) is 4.39 Å². The molecule has 10 aromatic rings. The number of para-hydroxylation sites is 2. The van der Waals surface area contributed by atoms with Gasteiger partial charge < -0.3 is 9.47 Å². The van der Waals surface area contributed by atoms with Crippen LogP contribution in [-0.2, 0) is 5.41 Å². The molecule has 0 unspecified atom stereocenters. The largest absolute Gasteiger partial charge is 0.310 e. The van der Waals surface area contributed by atoms with Gasteiger partial charge in [0.2, 0.25) is 0 Å². The Bertz CT molecular complexity index is 3070. The molecule has 0 aliphatic heterocycles. The van der Waals surface area contributed by atoms with Gasteiger partial charge in [0.1, 0.15) is 5.82 Å². The molecule has 0 atom stereocenters. The van der Waals surface area contributed by atoms with Crippen molar-refractivity contribution in [1.82, 2.24) is 4.57 Å². The summed E-state index contributed by atoms with van der Waals surface area (Å²) >= 11 is 0. The third-order valence-corrected chi connectivity index (χ3v) is 11.9. The van der Waals surface area contributed by atoms with Gasteiger partial charge in [0.05, 0.1) is 22.1 Å². The van der Waals surface area contributed by atoms with Gasteiger partial charge in [-0.2, -0.15) is 0 Å². The van der Waals surface area contributed by atoms with E-state index in [0.717, 1.165) is 55.7 Å². The lowest BCUT2D eigenvalue weighted by atomic mass is 9.67. The maximum atomic E-state index is 14.2. The summed E-state index contributed by atoms with van der Waals surface area (Å²) in [6.07, 6.45) is 0. The summed E-state index contributed by atoms with van der Waals surface area (Å²) in [6.45, 7) is 0. The highest BCUT2D eigenvalue weighted by atomic mass is 19.1.